The van der Waals surface area contributed by atoms with Crippen molar-refractivity contribution in [2.24, 2.45) is 0 Å². The first-order valence-corrected chi connectivity index (χ1v) is 9.81. The first kappa shape index (κ1) is 17.0. The van der Waals surface area contributed by atoms with E-state index in [1.54, 1.807) is 0 Å². The molecule has 1 aromatic heterocycles. The molecule has 2 aliphatic rings. The highest BCUT2D eigenvalue weighted by atomic mass is 32.2. The van der Waals surface area contributed by atoms with Crippen LogP contribution in [0.5, 0.6) is 11.5 Å². The van der Waals surface area contributed by atoms with Crippen molar-refractivity contribution in [2.75, 3.05) is 12.1 Å². The fourth-order valence-corrected chi connectivity index (χ4v) is 4.54. The maximum absolute atomic E-state index is 12.5. The summed E-state index contributed by atoms with van der Waals surface area (Å²) in [6, 6.07) is 15.9. The van der Waals surface area contributed by atoms with E-state index in [-0.39, 0.29) is 12.7 Å². The Hall–Kier alpha value is -3.12. The first-order valence-electron chi connectivity index (χ1n) is 8.99. The van der Waals surface area contributed by atoms with E-state index in [0.717, 1.165) is 44.7 Å². The Morgan fingerprint density at radius 1 is 1.07 bits per heavy atom. The zero-order chi connectivity index (χ0) is 19.3. The SMILES string of the molecule is Cc1cc(/C=C2/Sc3ccccc3NC2=O)c(C)n1-c1ccc2c(c1)OCO2. The van der Waals surface area contributed by atoms with Crippen molar-refractivity contribution in [1.29, 1.82) is 0 Å². The number of hydrogen-bond acceptors (Lipinski definition) is 4. The maximum atomic E-state index is 12.5. The lowest BCUT2D eigenvalue weighted by Crippen LogP contribution is -2.17. The summed E-state index contributed by atoms with van der Waals surface area (Å²) in [4.78, 5) is 14.3. The number of ether oxygens (including phenoxy) is 2. The number of anilines is 1. The first-order chi connectivity index (χ1) is 13.6. The van der Waals surface area contributed by atoms with Gasteiger partial charge in [0.1, 0.15) is 0 Å². The van der Waals surface area contributed by atoms with Crippen molar-refractivity contribution in [3.63, 3.8) is 0 Å². The number of nitrogens with one attached hydrogen (secondary N) is 1. The molecule has 0 spiro atoms. The highest BCUT2D eigenvalue weighted by Crippen LogP contribution is 2.39. The Bertz CT molecular complexity index is 1150. The van der Waals surface area contributed by atoms with Crippen LogP contribution in [0.1, 0.15) is 17.0 Å². The van der Waals surface area contributed by atoms with Gasteiger partial charge in [-0.1, -0.05) is 23.9 Å². The molecule has 0 unspecified atom stereocenters. The average molecular weight is 390 g/mol. The highest BCUT2D eigenvalue weighted by Gasteiger charge is 2.22. The van der Waals surface area contributed by atoms with Gasteiger partial charge in [-0.05, 0) is 55.8 Å². The molecule has 2 aromatic carbocycles. The smallest absolute Gasteiger partial charge is 0.262 e. The van der Waals surface area contributed by atoms with Gasteiger partial charge in [0.2, 0.25) is 6.79 Å². The van der Waals surface area contributed by atoms with Gasteiger partial charge in [0.05, 0.1) is 10.6 Å². The highest BCUT2D eigenvalue weighted by molar-refractivity contribution is 8.04. The van der Waals surface area contributed by atoms with Crippen molar-refractivity contribution in [3.05, 3.63) is 70.4 Å². The van der Waals surface area contributed by atoms with Gasteiger partial charge in [0.25, 0.3) is 5.91 Å². The number of amides is 1. The van der Waals surface area contributed by atoms with Crippen molar-refractivity contribution >= 4 is 29.4 Å². The van der Waals surface area contributed by atoms with Crippen LogP contribution in [0.4, 0.5) is 5.69 Å². The molecule has 2 aliphatic heterocycles. The van der Waals surface area contributed by atoms with Crippen LogP contribution in [0.2, 0.25) is 0 Å². The topological polar surface area (TPSA) is 52.5 Å². The summed E-state index contributed by atoms with van der Waals surface area (Å²) in [5, 5.41) is 2.97. The maximum Gasteiger partial charge on any atom is 0.262 e. The van der Waals surface area contributed by atoms with Gasteiger partial charge >= 0.3 is 0 Å². The Morgan fingerprint density at radius 3 is 2.79 bits per heavy atom. The van der Waals surface area contributed by atoms with E-state index in [9.17, 15) is 4.79 Å². The molecule has 0 fully saturated rings. The van der Waals surface area contributed by atoms with Gasteiger partial charge in [-0.25, -0.2) is 0 Å². The summed E-state index contributed by atoms with van der Waals surface area (Å²) in [5.41, 5.74) is 5.05. The monoisotopic (exact) mass is 390 g/mol. The minimum absolute atomic E-state index is 0.0726. The van der Waals surface area contributed by atoms with E-state index < -0.39 is 0 Å². The standard InChI is InChI=1S/C22H18N2O3S/c1-13-9-15(10-21-22(25)23-17-5-3-4-6-20(17)28-21)14(2)24(13)16-7-8-18-19(11-16)27-12-26-18/h3-11H,12H2,1-2H3,(H,23,25)/b21-10+. The largest absolute Gasteiger partial charge is 0.454 e. The fraction of sp³-hybridized carbons (Fsp3) is 0.136. The number of fused-ring (bicyclic) bond motifs is 2. The van der Waals surface area contributed by atoms with E-state index in [0.29, 0.717) is 4.91 Å². The average Bonchev–Trinajstić information content (AvgIpc) is 3.26. The minimum atomic E-state index is -0.0726. The van der Waals surface area contributed by atoms with Crippen molar-refractivity contribution in [3.8, 4) is 17.2 Å². The molecule has 28 heavy (non-hydrogen) atoms. The molecule has 140 valence electrons. The molecule has 3 aromatic rings. The summed E-state index contributed by atoms with van der Waals surface area (Å²) in [5.74, 6) is 1.45. The Morgan fingerprint density at radius 2 is 1.89 bits per heavy atom. The van der Waals surface area contributed by atoms with Gasteiger partial charge in [0.15, 0.2) is 11.5 Å². The second-order valence-electron chi connectivity index (χ2n) is 6.76. The second kappa shape index (κ2) is 6.49. The summed E-state index contributed by atoms with van der Waals surface area (Å²) >= 11 is 1.50. The lowest BCUT2D eigenvalue weighted by atomic mass is 10.2. The molecule has 0 aliphatic carbocycles. The van der Waals surface area contributed by atoms with Gasteiger partial charge in [0, 0.05) is 28.0 Å². The number of nitrogens with zero attached hydrogens (tertiary/aromatic N) is 1. The van der Waals surface area contributed by atoms with Crippen molar-refractivity contribution in [2.45, 2.75) is 18.7 Å². The molecule has 0 atom stereocenters. The van der Waals surface area contributed by atoms with E-state index in [4.69, 9.17) is 9.47 Å². The predicted octanol–water partition coefficient (Wildman–Crippen LogP) is 4.91. The van der Waals surface area contributed by atoms with E-state index in [1.165, 1.54) is 11.8 Å². The van der Waals surface area contributed by atoms with Crippen LogP contribution in [-0.4, -0.2) is 17.3 Å². The molecular weight excluding hydrogens is 372 g/mol. The van der Waals surface area contributed by atoms with Crippen LogP contribution in [-0.2, 0) is 4.79 Å². The predicted molar refractivity (Wildman–Crippen MR) is 110 cm³/mol. The lowest BCUT2D eigenvalue weighted by molar-refractivity contribution is -0.112. The molecule has 6 heteroatoms. The number of para-hydroxylation sites is 1. The molecule has 0 saturated carbocycles. The third-order valence-corrected chi connectivity index (χ3v) is 6.05. The van der Waals surface area contributed by atoms with Crippen LogP contribution >= 0.6 is 11.8 Å². The minimum Gasteiger partial charge on any atom is -0.454 e. The van der Waals surface area contributed by atoms with Crippen LogP contribution in [0.25, 0.3) is 11.8 Å². The van der Waals surface area contributed by atoms with Gasteiger partial charge in [-0.3, -0.25) is 4.79 Å². The summed E-state index contributed by atoms with van der Waals surface area (Å²) in [7, 11) is 0. The molecule has 0 bridgehead atoms. The quantitative estimate of drug-likeness (QED) is 0.632. The summed E-state index contributed by atoms with van der Waals surface area (Å²) < 4.78 is 13.1. The van der Waals surface area contributed by atoms with E-state index in [1.807, 2.05) is 48.5 Å². The normalized spacial score (nSPS) is 16.2. The fourth-order valence-electron chi connectivity index (χ4n) is 3.60. The third kappa shape index (κ3) is 2.77. The zero-order valence-electron chi connectivity index (χ0n) is 15.5. The molecule has 3 heterocycles. The second-order valence-corrected chi connectivity index (χ2v) is 7.84. The number of carbonyl (C=O) groups excluding carboxylic acids is 1. The van der Waals surface area contributed by atoms with E-state index >= 15 is 0 Å². The molecule has 5 rings (SSSR count). The zero-order valence-corrected chi connectivity index (χ0v) is 16.3. The lowest BCUT2D eigenvalue weighted by Gasteiger charge is -2.18. The van der Waals surface area contributed by atoms with Gasteiger partial charge in [-0.2, -0.15) is 0 Å². The van der Waals surface area contributed by atoms with E-state index in [2.05, 4.69) is 29.8 Å². The van der Waals surface area contributed by atoms with Crippen LogP contribution < -0.4 is 14.8 Å². The number of hydrogen-bond donors (Lipinski definition) is 1. The van der Waals surface area contributed by atoms with Crippen molar-refractivity contribution in [1.82, 2.24) is 4.57 Å². The van der Waals surface area contributed by atoms with Gasteiger partial charge < -0.3 is 19.4 Å². The Labute approximate surface area is 167 Å². The number of aromatic nitrogens is 1. The number of benzene rings is 2. The number of rotatable bonds is 2. The van der Waals surface area contributed by atoms with Crippen LogP contribution in [0.15, 0.2) is 58.3 Å². The summed E-state index contributed by atoms with van der Waals surface area (Å²) in [6.07, 6.45) is 1.96. The molecule has 0 radical (unpaired) electrons. The van der Waals surface area contributed by atoms with Crippen LogP contribution in [0.3, 0.4) is 0 Å². The van der Waals surface area contributed by atoms with Crippen molar-refractivity contribution < 1.29 is 14.3 Å². The molecular formula is C22H18N2O3S. The molecule has 1 N–H and O–H groups in total. The number of thioether (sulfide) groups is 1. The summed E-state index contributed by atoms with van der Waals surface area (Å²) in [6.45, 7) is 4.37. The Balaban J connectivity index is 1.53. The molecule has 1 amide bonds. The number of carbonyl (C=O) groups is 1. The molecule has 0 saturated heterocycles. The Kier molecular flexibility index (Phi) is 3.94. The van der Waals surface area contributed by atoms with Gasteiger partial charge in [-0.15, -0.1) is 0 Å². The third-order valence-electron chi connectivity index (χ3n) is 4.95. The molecule has 5 nitrogen and oxygen atoms in total. The van der Waals surface area contributed by atoms with Crippen LogP contribution in [0, 0.1) is 13.8 Å². The number of aryl methyl sites for hydroxylation is 1.